The second-order valence-corrected chi connectivity index (χ2v) is 5.12. The van der Waals surface area contributed by atoms with E-state index in [1.165, 1.54) is 0 Å². The first-order valence-corrected chi connectivity index (χ1v) is 6.59. The highest BCUT2D eigenvalue weighted by Crippen LogP contribution is 2.29. The number of anilines is 1. The minimum absolute atomic E-state index is 0.280. The summed E-state index contributed by atoms with van der Waals surface area (Å²) in [6.07, 6.45) is 0.280. The van der Waals surface area contributed by atoms with Gasteiger partial charge >= 0.3 is 0 Å². The maximum absolute atomic E-state index is 8.75. The maximum atomic E-state index is 8.75. The molecule has 96 valence electrons. The number of ether oxygens (including phenoxy) is 1. The van der Waals surface area contributed by atoms with E-state index in [0.717, 1.165) is 21.3 Å². The van der Waals surface area contributed by atoms with Gasteiger partial charge in [-0.15, -0.1) is 0 Å². The number of hydrogen-bond acceptors (Lipinski definition) is 3. The number of halogens is 1. The van der Waals surface area contributed by atoms with Gasteiger partial charge in [-0.25, -0.2) is 0 Å². The predicted molar refractivity (Wildman–Crippen MR) is 79.1 cm³/mol. The number of benzene rings is 2. The van der Waals surface area contributed by atoms with E-state index in [4.69, 9.17) is 15.7 Å². The van der Waals surface area contributed by atoms with Crippen molar-refractivity contribution in [2.24, 2.45) is 0 Å². The average Bonchev–Trinajstić information content (AvgIpc) is 2.37. The lowest BCUT2D eigenvalue weighted by Gasteiger charge is -2.10. The lowest BCUT2D eigenvalue weighted by Crippen LogP contribution is -1.95. The van der Waals surface area contributed by atoms with Gasteiger partial charge in [0.15, 0.2) is 0 Å². The molecular formula is C15H13BrN2O. The molecule has 0 fully saturated rings. The number of hydrogen-bond donors (Lipinski definition) is 1. The highest BCUT2D eigenvalue weighted by atomic mass is 79.9. The van der Waals surface area contributed by atoms with Gasteiger partial charge in [0, 0.05) is 10.2 Å². The first kappa shape index (κ1) is 13.4. The van der Waals surface area contributed by atoms with E-state index >= 15 is 0 Å². The molecule has 2 aromatic carbocycles. The van der Waals surface area contributed by atoms with Crippen LogP contribution in [0.4, 0.5) is 5.69 Å². The van der Waals surface area contributed by atoms with Crippen LogP contribution in [-0.2, 0) is 6.42 Å². The molecular weight excluding hydrogens is 304 g/mol. The minimum Gasteiger partial charge on any atom is -0.457 e. The van der Waals surface area contributed by atoms with Crippen LogP contribution in [-0.4, -0.2) is 0 Å². The Morgan fingerprint density at radius 3 is 2.74 bits per heavy atom. The summed E-state index contributed by atoms with van der Waals surface area (Å²) in [6, 6.07) is 13.3. The summed E-state index contributed by atoms with van der Waals surface area (Å²) in [7, 11) is 0. The van der Waals surface area contributed by atoms with Crippen LogP contribution in [0.15, 0.2) is 40.9 Å². The molecule has 0 saturated carbocycles. The molecule has 0 spiro atoms. The van der Waals surface area contributed by atoms with E-state index in [-0.39, 0.29) is 6.42 Å². The maximum Gasteiger partial charge on any atom is 0.130 e. The van der Waals surface area contributed by atoms with Crippen molar-refractivity contribution in [1.29, 1.82) is 5.26 Å². The molecule has 0 radical (unpaired) electrons. The molecule has 0 atom stereocenters. The topological polar surface area (TPSA) is 59.0 Å². The molecule has 0 saturated heterocycles. The smallest absolute Gasteiger partial charge is 0.130 e. The molecule has 3 nitrogen and oxygen atoms in total. The number of nitrogen functional groups attached to an aromatic ring is 1. The van der Waals surface area contributed by atoms with Crippen molar-refractivity contribution in [3.05, 3.63) is 52.0 Å². The van der Waals surface area contributed by atoms with Crippen molar-refractivity contribution in [3.63, 3.8) is 0 Å². The van der Waals surface area contributed by atoms with E-state index < -0.39 is 0 Å². The number of aryl methyl sites for hydroxylation is 1. The van der Waals surface area contributed by atoms with Crippen LogP contribution in [0.3, 0.4) is 0 Å². The normalized spacial score (nSPS) is 9.95. The van der Waals surface area contributed by atoms with Crippen molar-refractivity contribution in [2.45, 2.75) is 13.3 Å². The van der Waals surface area contributed by atoms with Crippen LogP contribution < -0.4 is 10.5 Å². The molecule has 0 heterocycles. The molecule has 0 aliphatic rings. The lowest BCUT2D eigenvalue weighted by atomic mass is 10.1. The fourth-order valence-electron chi connectivity index (χ4n) is 1.74. The summed E-state index contributed by atoms with van der Waals surface area (Å²) in [5.74, 6) is 1.47. The van der Waals surface area contributed by atoms with Gasteiger partial charge in [-0.2, -0.15) is 5.26 Å². The van der Waals surface area contributed by atoms with Crippen LogP contribution in [0.25, 0.3) is 0 Å². The lowest BCUT2D eigenvalue weighted by molar-refractivity contribution is 0.478. The van der Waals surface area contributed by atoms with E-state index in [1.54, 1.807) is 18.2 Å². The summed E-state index contributed by atoms with van der Waals surface area (Å²) in [5, 5.41) is 8.75. The van der Waals surface area contributed by atoms with Crippen LogP contribution in [0.1, 0.15) is 11.1 Å². The third-order valence-corrected chi connectivity index (χ3v) is 3.24. The van der Waals surface area contributed by atoms with Gasteiger partial charge in [0.05, 0.1) is 12.5 Å². The highest BCUT2D eigenvalue weighted by molar-refractivity contribution is 9.10. The van der Waals surface area contributed by atoms with Crippen LogP contribution in [0.2, 0.25) is 0 Å². The van der Waals surface area contributed by atoms with Gasteiger partial charge in [0.25, 0.3) is 0 Å². The molecule has 0 aliphatic heterocycles. The molecule has 4 heteroatoms. The Bertz CT molecular complexity index is 647. The predicted octanol–water partition coefficient (Wildman–Crippen LogP) is 4.20. The summed E-state index contributed by atoms with van der Waals surface area (Å²) in [4.78, 5) is 0. The largest absolute Gasteiger partial charge is 0.457 e. The number of nitrogens with zero attached hydrogens (tertiary/aromatic N) is 1. The van der Waals surface area contributed by atoms with E-state index in [2.05, 4.69) is 22.0 Å². The molecule has 2 aromatic rings. The molecule has 19 heavy (non-hydrogen) atoms. The van der Waals surface area contributed by atoms with Crippen LogP contribution in [0.5, 0.6) is 11.5 Å². The molecule has 2 rings (SSSR count). The van der Waals surface area contributed by atoms with E-state index in [0.29, 0.717) is 11.4 Å². The van der Waals surface area contributed by atoms with Gasteiger partial charge in [-0.05, 0) is 54.4 Å². The molecule has 0 aliphatic carbocycles. The SMILES string of the molecule is Cc1cc(Br)ccc1Oc1ccc(N)c(CC#N)c1. The van der Waals surface area contributed by atoms with Crippen molar-refractivity contribution in [2.75, 3.05) is 5.73 Å². The zero-order valence-corrected chi connectivity index (χ0v) is 12.1. The zero-order valence-electron chi connectivity index (χ0n) is 10.5. The Labute approximate surface area is 120 Å². The zero-order chi connectivity index (χ0) is 13.8. The van der Waals surface area contributed by atoms with E-state index in [9.17, 15) is 0 Å². The van der Waals surface area contributed by atoms with Crippen molar-refractivity contribution in [3.8, 4) is 17.6 Å². The van der Waals surface area contributed by atoms with Crippen LogP contribution >= 0.6 is 15.9 Å². The third-order valence-electron chi connectivity index (χ3n) is 2.75. The first-order valence-electron chi connectivity index (χ1n) is 5.79. The van der Waals surface area contributed by atoms with Gasteiger partial charge in [0.2, 0.25) is 0 Å². The standard InChI is InChI=1S/C15H13BrN2O/c1-10-8-12(16)2-5-15(10)19-13-3-4-14(18)11(9-13)6-7-17/h2-5,8-9H,6,18H2,1H3. The monoisotopic (exact) mass is 316 g/mol. The molecule has 0 unspecified atom stereocenters. The highest BCUT2D eigenvalue weighted by Gasteiger charge is 2.05. The molecule has 0 bridgehead atoms. The second kappa shape index (κ2) is 5.77. The van der Waals surface area contributed by atoms with Crippen molar-refractivity contribution < 1.29 is 4.74 Å². The summed E-state index contributed by atoms with van der Waals surface area (Å²) in [6.45, 7) is 1.98. The third kappa shape index (κ3) is 3.27. The fraction of sp³-hybridized carbons (Fsp3) is 0.133. The van der Waals surface area contributed by atoms with Crippen molar-refractivity contribution >= 4 is 21.6 Å². The second-order valence-electron chi connectivity index (χ2n) is 4.21. The van der Waals surface area contributed by atoms with E-state index in [1.807, 2.05) is 25.1 Å². The minimum atomic E-state index is 0.280. The molecule has 0 aromatic heterocycles. The fourth-order valence-corrected chi connectivity index (χ4v) is 2.21. The van der Waals surface area contributed by atoms with Gasteiger partial charge in [-0.1, -0.05) is 15.9 Å². The average molecular weight is 317 g/mol. The van der Waals surface area contributed by atoms with Crippen LogP contribution in [0, 0.1) is 18.3 Å². The van der Waals surface area contributed by atoms with Crippen molar-refractivity contribution in [1.82, 2.24) is 0 Å². The number of rotatable bonds is 3. The number of nitrogens with two attached hydrogens (primary N) is 1. The Hall–Kier alpha value is -1.99. The molecule has 2 N–H and O–H groups in total. The summed E-state index contributed by atoms with van der Waals surface area (Å²) < 4.78 is 6.83. The van der Waals surface area contributed by atoms with Gasteiger partial charge in [-0.3, -0.25) is 0 Å². The first-order chi connectivity index (χ1) is 9.10. The summed E-state index contributed by atoms with van der Waals surface area (Å²) >= 11 is 3.42. The summed E-state index contributed by atoms with van der Waals surface area (Å²) in [5.41, 5.74) is 8.24. The number of nitriles is 1. The molecule has 0 amide bonds. The Morgan fingerprint density at radius 1 is 1.26 bits per heavy atom. The Morgan fingerprint density at radius 2 is 2.05 bits per heavy atom. The Kier molecular flexibility index (Phi) is 4.08. The van der Waals surface area contributed by atoms with Gasteiger partial charge in [0.1, 0.15) is 11.5 Å². The van der Waals surface area contributed by atoms with Gasteiger partial charge < -0.3 is 10.5 Å². The quantitative estimate of drug-likeness (QED) is 0.863. The Balaban J connectivity index is 2.28.